The number of hydrogen-bond acceptors (Lipinski definition) is 3. The van der Waals surface area contributed by atoms with Gasteiger partial charge in [-0.1, -0.05) is 13.8 Å². The topological polar surface area (TPSA) is 15.3 Å². The zero-order valence-corrected chi connectivity index (χ0v) is 12.6. The second-order valence-electron chi connectivity index (χ2n) is 5.23. The molecule has 1 N–H and O–H groups in total. The van der Waals surface area contributed by atoms with Crippen molar-refractivity contribution in [2.45, 2.75) is 39.7 Å². The third-order valence-corrected chi connectivity index (χ3v) is 5.18. The smallest absolute Gasteiger partial charge is 0.0299 e. The second kappa shape index (κ2) is 7.27. The number of rotatable bonds is 6. The first kappa shape index (κ1) is 14.0. The van der Waals surface area contributed by atoms with E-state index in [0.717, 1.165) is 12.5 Å². The van der Waals surface area contributed by atoms with Gasteiger partial charge in [0.15, 0.2) is 0 Å². The van der Waals surface area contributed by atoms with Gasteiger partial charge >= 0.3 is 0 Å². The highest BCUT2D eigenvalue weighted by atomic mass is 32.1. The van der Waals surface area contributed by atoms with Crippen molar-refractivity contribution in [2.75, 3.05) is 26.2 Å². The van der Waals surface area contributed by atoms with Gasteiger partial charge in [0, 0.05) is 16.3 Å². The SMILES string of the molecule is CCc1ccc(CNCC2CCN(CC)CC2)s1. The normalized spacial score (nSPS) is 18.3. The Hall–Kier alpha value is -0.380. The lowest BCUT2D eigenvalue weighted by Gasteiger charge is -2.31. The van der Waals surface area contributed by atoms with Crippen LogP contribution < -0.4 is 5.32 Å². The Balaban J connectivity index is 1.63. The van der Waals surface area contributed by atoms with Gasteiger partial charge in [-0.3, -0.25) is 0 Å². The molecule has 0 saturated carbocycles. The number of nitrogens with zero attached hydrogens (tertiary/aromatic N) is 1. The standard InChI is InChI=1S/C15H26N2S/c1-3-14-5-6-15(18-14)12-16-11-13-7-9-17(4-2)10-8-13/h5-6,13,16H,3-4,7-12H2,1-2H3. The molecule has 1 saturated heterocycles. The van der Waals surface area contributed by atoms with Gasteiger partial charge in [-0.2, -0.15) is 0 Å². The largest absolute Gasteiger partial charge is 0.312 e. The summed E-state index contributed by atoms with van der Waals surface area (Å²) in [6.07, 6.45) is 3.90. The average Bonchev–Trinajstić information content (AvgIpc) is 2.87. The van der Waals surface area contributed by atoms with Crippen molar-refractivity contribution < 1.29 is 0 Å². The highest BCUT2D eigenvalue weighted by Gasteiger charge is 2.17. The van der Waals surface area contributed by atoms with Gasteiger partial charge in [-0.25, -0.2) is 0 Å². The molecule has 2 nitrogen and oxygen atoms in total. The molecule has 1 aliphatic rings. The van der Waals surface area contributed by atoms with E-state index < -0.39 is 0 Å². The van der Waals surface area contributed by atoms with Crippen LogP contribution >= 0.6 is 11.3 Å². The van der Waals surface area contributed by atoms with Crippen molar-refractivity contribution in [2.24, 2.45) is 5.92 Å². The highest BCUT2D eigenvalue weighted by Crippen LogP contribution is 2.18. The molecule has 18 heavy (non-hydrogen) atoms. The van der Waals surface area contributed by atoms with E-state index in [1.165, 1.54) is 55.2 Å². The van der Waals surface area contributed by atoms with Crippen LogP contribution in [0, 0.1) is 5.92 Å². The van der Waals surface area contributed by atoms with E-state index in [0.29, 0.717) is 0 Å². The van der Waals surface area contributed by atoms with Crippen LogP contribution in [0.4, 0.5) is 0 Å². The molecule has 0 bridgehead atoms. The molecule has 1 aromatic rings. The fraction of sp³-hybridized carbons (Fsp3) is 0.733. The lowest BCUT2D eigenvalue weighted by molar-refractivity contribution is 0.190. The molecule has 0 aliphatic carbocycles. The first-order chi connectivity index (χ1) is 8.81. The lowest BCUT2D eigenvalue weighted by atomic mass is 9.97. The Morgan fingerprint density at radius 1 is 1.22 bits per heavy atom. The van der Waals surface area contributed by atoms with Crippen LogP contribution in [-0.2, 0) is 13.0 Å². The number of likely N-dealkylation sites (tertiary alicyclic amines) is 1. The summed E-state index contributed by atoms with van der Waals surface area (Å²) >= 11 is 1.95. The predicted octanol–water partition coefficient (Wildman–Crippen LogP) is 3.13. The minimum atomic E-state index is 0.887. The number of aryl methyl sites for hydroxylation is 1. The maximum Gasteiger partial charge on any atom is 0.0299 e. The van der Waals surface area contributed by atoms with Crippen LogP contribution in [0.15, 0.2) is 12.1 Å². The molecule has 0 unspecified atom stereocenters. The molecule has 1 aliphatic heterocycles. The number of thiophene rings is 1. The fourth-order valence-electron chi connectivity index (χ4n) is 2.61. The fourth-order valence-corrected chi connectivity index (χ4v) is 3.54. The molecule has 2 heterocycles. The third kappa shape index (κ3) is 4.08. The van der Waals surface area contributed by atoms with Gasteiger partial charge in [0.2, 0.25) is 0 Å². The van der Waals surface area contributed by atoms with Crippen molar-refractivity contribution >= 4 is 11.3 Å². The summed E-state index contributed by atoms with van der Waals surface area (Å²) in [6.45, 7) is 10.5. The molecule has 102 valence electrons. The lowest BCUT2D eigenvalue weighted by Crippen LogP contribution is -2.36. The Labute approximate surface area is 115 Å². The summed E-state index contributed by atoms with van der Waals surface area (Å²) in [5.74, 6) is 0.887. The van der Waals surface area contributed by atoms with Crippen LogP contribution in [0.25, 0.3) is 0 Å². The van der Waals surface area contributed by atoms with Crippen LogP contribution in [0.3, 0.4) is 0 Å². The van der Waals surface area contributed by atoms with Crippen molar-refractivity contribution in [3.63, 3.8) is 0 Å². The van der Waals surface area contributed by atoms with Gasteiger partial charge in [0.25, 0.3) is 0 Å². The minimum absolute atomic E-state index is 0.887. The molecule has 0 amide bonds. The van der Waals surface area contributed by atoms with Gasteiger partial charge in [0.05, 0.1) is 0 Å². The minimum Gasteiger partial charge on any atom is -0.312 e. The molecule has 2 rings (SSSR count). The number of nitrogens with one attached hydrogen (secondary N) is 1. The quantitative estimate of drug-likeness (QED) is 0.851. The van der Waals surface area contributed by atoms with Crippen molar-refractivity contribution in [1.29, 1.82) is 0 Å². The molecule has 0 radical (unpaired) electrons. The first-order valence-electron chi connectivity index (χ1n) is 7.32. The van der Waals surface area contributed by atoms with E-state index in [-0.39, 0.29) is 0 Å². The van der Waals surface area contributed by atoms with Gasteiger partial charge in [-0.15, -0.1) is 11.3 Å². The molecule has 0 atom stereocenters. The molecular formula is C15H26N2S. The summed E-state index contributed by atoms with van der Waals surface area (Å²) in [5, 5.41) is 3.63. The Bertz CT molecular complexity index is 340. The Morgan fingerprint density at radius 3 is 2.56 bits per heavy atom. The maximum atomic E-state index is 3.63. The average molecular weight is 266 g/mol. The van der Waals surface area contributed by atoms with E-state index in [4.69, 9.17) is 0 Å². The summed E-state index contributed by atoms with van der Waals surface area (Å²) in [6, 6.07) is 4.54. The van der Waals surface area contributed by atoms with Crippen molar-refractivity contribution in [1.82, 2.24) is 10.2 Å². The second-order valence-corrected chi connectivity index (χ2v) is 6.48. The summed E-state index contributed by atoms with van der Waals surface area (Å²) in [4.78, 5) is 5.55. The van der Waals surface area contributed by atoms with Crippen LogP contribution in [0.2, 0.25) is 0 Å². The first-order valence-corrected chi connectivity index (χ1v) is 8.14. The third-order valence-electron chi connectivity index (χ3n) is 3.95. The van der Waals surface area contributed by atoms with Crippen molar-refractivity contribution in [3.05, 3.63) is 21.9 Å². The molecular weight excluding hydrogens is 240 g/mol. The van der Waals surface area contributed by atoms with E-state index in [2.05, 4.69) is 36.2 Å². The van der Waals surface area contributed by atoms with Gasteiger partial charge < -0.3 is 10.2 Å². The zero-order valence-electron chi connectivity index (χ0n) is 11.7. The van der Waals surface area contributed by atoms with Crippen LogP contribution in [0.1, 0.15) is 36.4 Å². The van der Waals surface area contributed by atoms with E-state index in [9.17, 15) is 0 Å². The number of hydrogen-bond donors (Lipinski definition) is 1. The maximum absolute atomic E-state index is 3.63. The molecule has 0 spiro atoms. The monoisotopic (exact) mass is 266 g/mol. The Morgan fingerprint density at radius 2 is 1.94 bits per heavy atom. The molecule has 1 fully saturated rings. The zero-order chi connectivity index (χ0) is 12.8. The highest BCUT2D eigenvalue weighted by molar-refractivity contribution is 7.11. The summed E-state index contributed by atoms with van der Waals surface area (Å²) in [7, 11) is 0. The van der Waals surface area contributed by atoms with E-state index >= 15 is 0 Å². The van der Waals surface area contributed by atoms with Crippen molar-refractivity contribution in [3.8, 4) is 0 Å². The van der Waals surface area contributed by atoms with E-state index in [1.54, 1.807) is 0 Å². The molecule has 0 aromatic carbocycles. The summed E-state index contributed by atoms with van der Waals surface area (Å²) in [5.41, 5.74) is 0. The van der Waals surface area contributed by atoms with E-state index in [1.807, 2.05) is 11.3 Å². The summed E-state index contributed by atoms with van der Waals surface area (Å²) < 4.78 is 0. The van der Waals surface area contributed by atoms with Gasteiger partial charge in [0.1, 0.15) is 0 Å². The van der Waals surface area contributed by atoms with Gasteiger partial charge in [-0.05, 0) is 63.5 Å². The number of piperidine rings is 1. The predicted molar refractivity (Wildman–Crippen MR) is 80.2 cm³/mol. The molecule has 1 aromatic heterocycles. The Kier molecular flexibility index (Phi) is 5.67. The van der Waals surface area contributed by atoms with Crippen LogP contribution in [0.5, 0.6) is 0 Å². The molecule has 3 heteroatoms. The van der Waals surface area contributed by atoms with Crippen LogP contribution in [-0.4, -0.2) is 31.1 Å².